The van der Waals surface area contributed by atoms with Crippen LogP contribution in [0, 0.1) is 0 Å². The summed E-state index contributed by atoms with van der Waals surface area (Å²) in [7, 11) is -15.0. The molecule has 2 amide bonds. The van der Waals surface area contributed by atoms with Crippen molar-refractivity contribution in [3.8, 4) is 0 Å². The number of ether oxygens (including phenoxy) is 4. The van der Waals surface area contributed by atoms with Crippen LogP contribution in [0.5, 0.6) is 0 Å². The highest BCUT2D eigenvalue weighted by molar-refractivity contribution is 7.66. The molecule has 7 rings (SSSR count). The maximum absolute atomic E-state index is 14.1. The van der Waals surface area contributed by atoms with E-state index in [0.717, 1.165) is 48.1 Å². The number of carbonyl (C=O) groups is 2. The monoisotopic (exact) mass is 1100 g/mol. The van der Waals surface area contributed by atoms with E-state index in [-0.39, 0.29) is 43.4 Å². The van der Waals surface area contributed by atoms with E-state index in [4.69, 9.17) is 43.6 Å². The summed E-state index contributed by atoms with van der Waals surface area (Å²) in [6.45, 7) is 3.80. The summed E-state index contributed by atoms with van der Waals surface area (Å²) in [5, 5.41) is 31.9. The van der Waals surface area contributed by atoms with E-state index in [0.29, 0.717) is 95.8 Å². The predicted molar refractivity (Wildman–Crippen MR) is 265 cm³/mol. The standard InChI is InChI=1S/C44H65N10O17P3/c1-65-22-23-67-25-24-66-21-19-45-37(56)16-8-9-17-38(57)52-27-31-12-4-5-13-33(31)39-41(34-14-6-7-15-35(34)52)54(51-50-39)20-11-3-2-10-18-46-42-40-43(48-29-47-42)53(30-49-40)44-36(55)26-32(69-44)28-68-73(61,62)71-74(63,64)70-72(58,59)60/h4-7,12-15,29,32,36,39,41,44,49,55H,2-3,8-11,16-28,30H2,1H3,(H,45,56)(H,61,62)(H,63,64)(H,46,47,48)(H2,58,59,60). The smallest absolute Gasteiger partial charge is 0.388 e. The lowest BCUT2D eigenvalue weighted by Crippen LogP contribution is -2.42. The number of phosphoric ester groups is 1. The number of nitrogens with zero attached hydrogens (tertiary/aromatic N) is 7. The topological polar surface area (TPSA) is 347 Å². The fraction of sp³-hybridized carbons (Fsp3) is 0.591. The number of unbranched alkanes of at least 4 members (excludes halogenated alkanes) is 4. The average molecular weight is 1100 g/mol. The highest BCUT2D eigenvalue weighted by atomic mass is 31.3. The predicted octanol–water partition coefficient (Wildman–Crippen LogP) is 4.83. The number of hydrogen-bond donors (Lipinski definition) is 8. The molecule has 5 heterocycles. The van der Waals surface area contributed by atoms with Crippen LogP contribution in [0.3, 0.4) is 0 Å². The Balaban J connectivity index is 0.855. The molecule has 4 aliphatic rings. The Morgan fingerprint density at radius 1 is 0.838 bits per heavy atom. The number of aliphatic hydroxyl groups excluding tert-OH is 1. The van der Waals surface area contributed by atoms with Crippen molar-refractivity contribution in [3.05, 3.63) is 71.5 Å². The number of amides is 2. The fourth-order valence-electron chi connectivity index (χ4n) is 8.99. The zero-order valence-electron chi connectivity index (χ0n) is 40.8. The Hall–Kier alpha value is -4.53. The number of nitrogens with one attached hydrogen (secondary N) is 3. The van der Waals surface area contributed by atoms with Crippen molar-refractivity contribution in [1.29, 1.82) is 0 Å². The van der Waals surface area contributed by atoms with Gasteiger partial charge in [-0.15, -0.1) is 0 Å². The summed E-state index contributed by atoms with van der Waals surface area (Å²) in [5.74, 6) is 0.857. The third-order valence-electron chi connectivity index (χ3n) is 12.3. The highest BCUT2D eigenvalue weighted by Crippen LogP contribution is 2.66. The molecular weight excluding hydrogens is 1030 g/mol. The van der Waals surface area contributed by atoms with Gasteiger partial charge in [0.2, 0.25) is 11.8 Å². The van der Waals surface area contributed by atoms with Gasteiger partial charge in [0.05, 0.1) is 59.0 Å². The molecule has 1 saturated heterocycles. The van der Waals surface area contributed by atoms with Crippen LogP contribution >= 0.6 is 23.5 Å². The molecule has 2 aromatic carbocycles. The number of phosphoric acid groups is 3. The van der Waals surface area contributed by atoms with Gasteiger partial charge in [0.15, 0.2) is 17.9 Å². The van der Waals surface area contributed by atoms with Crippen molar-refractivity contribution in [3.63, 3.8) is 0 Å². The number of anilines is 4. The third-order valence-corrected chi connectivity index (χ3v) is 16.1. The lowest BCUT2D eigenvalue weighted by molar-refractivity contribution is -0.122. The molecule has 0 bridgehead atoms. The lowest BCUT2D eigenvalue weighted by Gasteiger charge is -2.35. The molecule has 27 nitrogen and oxygen atoms in total. The first kappa shape index (κ1) is 57.2. The summed E-state index contributed by atoms with van der Waals surface area (Å²) < 4.78 is 68.7. The largest absolute Gasteiger partial charge is 0.490 e. The first-order valence-electron chi connectivity index (χ1n) is 24.3. The molecule has 1 fully saturated rings. The fourth-order valence-corrected chi connectivity index (χ4v) is 12.0. The van der Waals surface area contributed by atoms with E-state index in [9.17, 15) is 38.2 Å². The third kappa shape index (κ3) is 16.2. The molecule has 4 aliphatic heterocycles. The highest BCUT2D eigenvalue weighted by Gasteiger charge is 2.45. The molecule has 0 radical (unpaired) electrons. The number of methoxy groups -OCH3 is 1. The molecule has 7 unspecified atom stereocenters. The number of hydrogen-bond acceptors (Lipinski definition) is 21. The van der Waals surface area contributed by atoms with Crippen LogP contribution in [-0.2, 0) is 61.9 Å². The Bertz CT molecular complexity index is 2530. The molecule has 0 spiro atoms. The van der Waals surface area contributed by atoms with Gasteiger partial charge in [-0.3, -0.25) is 19.1 Å². The summed E-state index contributed by atoms with van der Waals surface area (Å²) in [6, 6.07) is 15.6. The number of para-hydroxylation sites is 1. The molecule has 3 aromatic rings. The second kappa shape index (κ2) is 27.0. The van der Waals surface area contributed by atoms with Crippen LogP contribution in [0.2, 0.25) is 0 Å². The average Bonchev–Trinajstić information content (AvgIpc) is 4.08. The number of benzene rings is 2. The van der Waals surface area contributed by atoms with E-state index >= 15 is 0 Å². The Labute approximate surface area is 427 Å². The molecule has 7 atom stereocenters. The number of aliphatic hydroxyl groups is 1. The van der Waals surface area contributed by atoms with Crippen molar-refractivity contribution in [2.24, 2.45) is 10.3 Å². The zero-order chi connectivity index (χ0) is 52.7. The van der Waals surface area contributed by atoms with E-state index in [1.54, 1.807) is 12.0 Å². The number of fused-ring (bicyclic) bond motifs is 6. The van der Waals surface area contributed by atoms with Gasteiger partial charge < -0.3 is 69.4 Å². The van der Waals surface area contributed by atoms with Crippen molar-refractivity contribution in [2.45, 2.75) is 94.9 Å². The normalized spacial score (nSPS) is 21.6. The zero-order valence-corrected chi connectivity index (χ0v) is 43.5. The van der Waals surface area contributed by atoms with Crippen LogP contribution < -0.4 is 25.8 Å². The summed E-state index contributed by atoms with van der Waals surface area (Å²) in [4.78, 5) is 75.6. The Kier molecular flexibility index (Phi) is 20.9. The van der Waals surface area contributed by atoms with Gasteiger partial charge in [0, 0.05) is 57.3 Å². The van der Waals surface area contributed by atoms with Crippen molar-refractivity contribution in [1.82, 2.24) is 20.3 Å². The molecule has 8 N–H and O–H groups in total. The number of carbonyl (C=O) groups excluding carboxylic acids is 2. The molecule has 0 aliphatic carbocycles. The van der Waals surface area contributed by atoms with Crippen LogP contribution in [0.25, 0.3) is 0 Å². The SMILES string of the molecule is COCCOCCOCCNC(=O)CCCCC(=O)N1Cc2ccccc2C2N=NN(CCCCCCNc3ncnc4c3NCN4C3OC(COP(=O)(O)OP(=O)(O)OP(=O)(O)O)CC3O)C2c2ccccc21. The van der Waals surface area contributed by atoms with E-state index in [1.807, 2.05) is 46.3 Å². The van der Waals surface area contributed by atoms with Crippen LogP contribution in [-0.4, -0.2) is 143 Å². The van der Waals surface area contributed by atoms with Crippen molar-refractivity contribution < 1.29 is 80.1 Å². The van der Waals surface area contributed by atoms with Crippen molar-refractivity contribution in [2.75, 3.05) is 93.5 Å². The second-order valence-corrected chi connectivity index (χ2v) is 22.1. The second-order valence-electron chi connectivity index (χ2n) is 17.7. The molecule has 74 heavy (non-hydrogen) atoms. The first-order chi connectivity index (χ1) is 35.5. The van der Waals surface area contributed by atoms with Crippen molar-refractivity contribution >= 4 is 58.3 Å². The number of aromatic nitrogens is 2. The van der Waals surface area contributed by atoms with Gasteiger partial charge in [-0.2, -0.15) is 13.7 Å². The van der Waals surface area contributed by atoms with Gasteiger partial charge in [0.1, 0.15) is 30.2 Å². The van der Waals surface area contributed by atoms with Crippen LogP contribution in [0.4, 0.5) is 23.0 Å². The van der Waals surface area contributed by atoms with E-state index < -0.39 is 48.5 Å². The van der Waals surface area contributed by atoms with E-state index in [2.05, 4.69) is 46.7 Å². The minimum atomic E-state index is -5.69. The maximum atomic E-state index is 14.1. The minimum Gasteiger partial charge on any atom is -0.388 e. The Morgan fingerprint density at radius 2 is 1.57 bits per heavy atom. The first-order valence-corrected chi connectivity index (χ1v) is 28.8. The maximum Gasteiger partial charge on any atom is 0.490 e. The summed E-state index contributed by atoms with van der Waals surface area (Å²) in [5.41, 5.74) is 4.40. The molecular formula is C44H65N10O17P3. The Morgan fingerprint density at radius 3 is 2.36 bits per heavy atom. The molecule has 0 saturated carbocycles. The van der Waals surface area contributed by atoms with Gasteiger partial charge in [0.25, 0.3) is 0 Å². The van der Waals surface area contributed by atoms with Crippen LogP contribution in [0.1, 0.15) is 86.6 Å². The quantitative estimate of drug-likeness (QED) is 0.0327. The molecule has 30 heteroatoms. The van der Waals surface area contributed by atoms with Gasteiger partial charge >= 0.3 is 23.5 Å². The number of rotatable bonds is 30. The van der Waals surface area contributed by atoms with Gasteiger partial charge in [-0.25, -0.2) is 23.7 Å². The lowest BCUT2D eigenvalue weighted by atomic mass is 9.87. The van der Waals surface area contributed by atoms with Gasteiger partial charge in [-0.05, 0) is 42.9 Å². The molecule has 1 aromatic heterocycles. The summed E-state index contributed by atoms with van der Waals surface area (Å²) in [6.07, 6.45) is 3.36. The van der Waals surface area contributed by atoms with Crippen LogP contribution in [0.15, 0.2) is 65.2 Å². The summed E-state index contributed by atoms with van der Waals surface area (Å²) >= 11 is 0. The molecule has 408 valence electrons. The van der Waals surface area contributed by atoms with E-state index in [1.165, 1.54) is 6.33 Å². The minimum absolute atomic E-state index is 0.0204. The van der Waals surface area contributed by atoms with Gasteiger partial charge in [-0.1, -0.05) is 60.5 Å².